The van der Waals surface area contributed by atoms with Crippen molar-refractivity contribution in [2.75, 3.05) is 0 Å². The first-order valence-corrected chi connectivity index (χ1v) is 7.12. The van der Waals surface area contributed by atoms with Crippen molar-refractivity contribution >= 4 is 13.1 Å². The highest BCUT2D eigenvalue weighted by Crippen LogP contribution is 2.41. The molecule has 0 saturated carbocycles. The highest BCUT2D eigenvalue weighted by Gasteiger charge is 2.54. The summed E-state index contributed by atoms with van der Waals surface area (Å²) in [6, 6.07) is 3.76. The molecule has 1 saturated heterocycles. The molecule has 1 aromatic rings. The molecule has 114 valence electrons. The minimum Gasteiger partial charge on any atom is -0.481 e. The third-order valence-electron chi connectivity index (χ3n) is 4.36. The summed E-state index contributed by atoms with van der Waals surface area (Å²) in [6.45, 7) is 9.72. The molecule has 1 fully saturated rings. The lowest BCUT2D eigenvalue weighted by molar-refractivity contribution is -0.137. The van der Waals surface area contributed by atoms with Crippen LogP contribution in [0.3, 0.4) is 0 Å². The summed E-state index contributed by atoms with van der Waals surface area (Å²) >= 11 is 0. The molecule has 0 aromatic carbocycles. The number of hydrogen-bond donors (Lipinski definition) is 1. The standard InChI is InChI=1S/C15H22BNO4/c1-10-6-7-11(9-17-10)12(8-13(18)19)16-20-14(2,3)15(4,5)21-16/h6-7,9,12H,8H2,1-5H3,(H,18,19). The lowest BCUT2D eigenvalue weighted by Gasteiger charge is -2.32. The second kappa shape index (κ2) is 5.42. The van der Waals surface area contributed by atoms with Gasteiger partial charge in [0.15, 0.2) is 0 Å². The molecule has 1 aliphatic rings. The van der Waals surface area contributed by atoms with Crippen LogP contribution in [0.1, 0.15) is 51.2 Å². The maximum Gasteiger partial charge on any atom is 0.466 e. The molecule has 0 amide bonds. The number of nitrogens with zero attached hydrogens (tertiary/aromatic N) is 1. The van der Waals surface area contributed by atoms with Gasteiger partial charge in [-0.1, -0.05) is 6.07 Å². The van der Waals surface area contributed by atoms with Crippen LogP contribution in [0.25, 0.3) is 0 Å². The number of carbonyl (C=O) groups is 1. The Hall–Kier alpha value is -1.40. The van der Waals surface area contributed by atoms with Crippen LogP contribution in [0, 0.1) is 6.92 Å². The summed E-state index contributed by atoms with van der Waals surface area (Å²) in [5.74, 6) is -1.26. The fourth-order valence-electron chi connectivity index (χ4n) is 2.31. The molecule has 2 rings (SSSR count). The second-order valence-corrected chi connectivity index (χ2v) is 6.56. The predicted octanol–water partition coefficient (Wildman–Crippen LogP) is 2.58. The van der Waals surface area contributed by atoms with Crippen molar-refractivity contribution in [2.45, 2.75) is 58.1 Å². The molecule has 21 heavy (non-hydrogen) atoms. The fraction of sp³-hybridized carbons (Fsp3) is 0.600. The van der Waals surface area contributed by atoms with E-state index in [1.54, 1.807) is 6.20 Å². The summed E-state index contributed by atoms with van der Waals surface area (Å²) in [6.07, 6.45) is 1.65. The Morgan fingerprint density at radius 1 is 1.29 bits per heavy atom. The number of hydrogen-bond acceptors (Lipinski definition) is 4. The maximum atomic E-state index is 11.2. The second-order valence-electron chi connectivity index (χ2n) is 6.56. The zero-order chi connectivity index (χ0) is 15.8. The van der Waals surface area contributed by atoms with E-state index in [1.165, 1.54) is 0 Å². The number of aliphatic carboxylic acids is 1. The van der Waals surface area contributed by atoms with Crippen molar-refractivity contribution in [1.29, 1.82) is 0 Å². The Labute approximate surface area is 125 Å². The lowest BCUT2D eigenvalue weighted by atomic mass is 9.66. The van der Waals surface area contributed by atoms with Crippen LogP contribution in [-0.2, 0) is 14.1 Å². The van der Waals surface area contributed by atoms with Crippen LogP contribution in [-0.4, -0.2) is 34.4 Å². The Morgan fingerprint density at radius 3 is 2.29 bits per heavy atom. The Bertz CT molecular complexity index is 511. The monoisotopic (exact) mass is 291 g/mol. The molecule has 2 heterocycles. The molecule has 1 atom stereocenters. The first-order valence-electron chi connectivity index (χ1n) is 7.12. The van der Waals surface area contributed by atoms with Gasteiger partial charge in [0.25, 0.3) is 0 Å². The number of carboxylic acid groups (broad SMARTS) is 1. The van der Waals surface area contributed by atoms with Gasteiger partial charge in [0.1, 0.15) is 0 Å². The molecule has 1 N–H and O–H groups in total. The first-order chi connectivity index (χ1) is 9.62. The normalized spacial score (nSPS) is 21.3. The third kappa shape index (κ3) is 3.27. The minimum atomic E-state index is -0.879. The molecule has 6 heteroatoms. The lowest BCUT2D eigenvalue weighted by Crippen LogP contribution is -2.41. The van der Waals surface area contributed by atoms with E-state index in [0.717, 1.165) is 11.3 Å². The molecule has 1 unspecified atom stereocenters. The topological polar surface area (TPSA) is 68.7 Å². The van der Waals surface area contributed by atoms with E-state index in [-0.39, 0.29) is 12.2 Å². The van der Waals surface area contributed by atoms with E-state index in [4.69, 9.17) is 9.31 Å². The van der Waals surface area contributed by atoms with Gasteiger partial charge < -0.3 is 14.4 Å². The van der Waals surface area contributed by atoms with Crippen molar-refractivity contribution < 1.29 is 19.2 Å². The van der Waals surface area contributed by atoms with Gasteiger partial charge in [-0.05, 0) is 46.2 Å². The van der Waals surface area contributed by atoms with Gasteiger partial charge in [-0.2, -0.15) is 0 Å². The third-order valence-corrected chi connectivity index (χ3v) is 4.36. The van der Waals surface area contributed by atoms with Gasteiger partial charge in [-0.25, -0.2) is 0 Å². The Balaban J connectivity index is 2.30. The van der Waals surface area contributed by atoms with Gasteiger partial charge >= 0.3 is 13.1 Å². The predicted molar refractivity (Wildman–Crippen MR) is 80.0 cm³/mol. The van der Waals surface area contributed by atoms with Crippen LogP contribution >= 0.6 is 0 Å². The highest BCUT2D eigenvalue weighted by molar-refractivity contribution is 6.48. The van der Waals surface area contributed by atoms with Gasteiger partial charge in [0.2, 0.25) is 0 Å². The summed E-state index contributed by atoms with van der Waals surface area (Å²) in [4.78, 5) is 15.4. The van der Waals surface area contributed by atoms with Crippen LogP contribution < -0.4 is 0 Å². The smallest absolute Gasteiger partial charge is 0.466 e. The zero-order valence-electron chi connectivity index (χ0n) is 13.2. The van der Waals surface area contributed by atoms with Crippen LogP contribution in [0.2, 0.25) is 0 Å². The number of pyridine rings is 1. The van der Waals surface area contributed by atoms with Gasteiger partial charge in [0, 0.05) is 17.7 Å². The molecule has 1 aliphatic heterocycles. The molecule has 0 radical (unpaired) electrons. The molecular weight excluding hydrogens is 269 g/mol. The van der Waals surface area contributed by atoms with Gasteiger partial charge in [-0.15, -0.1) is 0 Å². The minimum absolute atomic E-state index is 0.0540. The molecule has 0 spiro atoms. The van der Waals surface area contributed by atoms with Crippen LogP contribution in [0.4, 0.5) is 0 Å². The number of carboxylic acids is 1. The summed E-state index contributed by atoms with van der Waals surface area (Å²) in [5, 5.41) is 9.19. The molecule has 0 bridgehead atoms. The van der Waals surface area contributed by atoms with Crippen molar-refractivity contribution in [3.8, 4) is 0 Å². The van der Waals surface area contributed by atoms with E-state index in [9.17, 15) is 9.90 Å². The quantitative estimate of drug-likeness (QED) is 0.863. The van der Waals surface area contributed by atoms with Crippen molar-refractivity contribution in [3.63, 3.8) is 0 Å². The summed E-state index contributed by atoms with van der Waals surface area (Å²) in [7, 11) is -0.587. The SMILES string of the molecule is Cc1ccc(C(CC(=O)O)B2OC(C)(C)C(C)(C)O2)cn1. The van der Waals surface area contributed by atoms with Crippen LogP contribution in [0.5, 0.6) is 0 Å². The summed E-state index contributed by atoms with van der Waals surface area (Å²) in [5.41, 5.74) is 0.752. The fourth-order valence-corrected chi connectivity index (χ4v) is 2.31. The molecule has 1 aromatic heterocycles. The van der Waals surface area contributed by atoms with Gasteiger partial charge in [-0.3, -0.25) is 9.78 Å². The Kier molecular flexibility index (Phi) is 4.13. The average molecular weight is 291 g/mol. The number of rotatable bonds is 4. The van der Waals surface area contributed by atoms with Crippen LogP contribution in [0.15, 0.2) is 18.3 Å². The highest BCUT2D eigenvalue weighted by atomic mass is 16.7. The number of aromatic nitrogens is 1. The van der Waals surface area contributed by atoms with E-state index >= 15 is 0 Å². The van der Waals surface area contributed by atoms with E-state index in [0.29, 0.717) is 0 Å². The largest absolute Gasteiger partial charge is 0.481 e. The van der Waals surface area contributed by atoms with E-state index < -0.39 is 24.3 Å². The van der Waals surface area contributed by atoms with Crippen molar-refractivity contribution in [2.24, 2.45) is 0 Å². The number of aryl methyl sites for hydroxylation is 1. The summed E-state index contributed by atoms with van der Waals surface area (Å²) < 4.78 is 12.0. The van der Waals surface area contributed by atoms with Crippen molar-refractivity contribution in [3.05, 3.63) is 29.6 Å². The molecule has 5 nitrogen and oxygen atoms in total. The molecular formula is C15H22BNO4. The Morgan fingerprint density at radius 2 is 1.86 bits per heavy atom. The first kappa shape index (κ1) is 16.0. The average Bonchev–Trinajstić information content (AvgIpc) is 2.56. The maximum absolute atomic E-state index is 11.2. The molecule has 0 aliphatic carbocycles. The van der Waals surface area contributed by atoms with Crippen molar-refractivity contribution in [1.82, 2.24) is 4.98 Å². The van der Waals surface area contributed by atoms with E-state index in [1.807, 2.05) is 46.8 Å². The van der Waals surface area contributed by atoms with Gasteiger partial charge in [0.05, 0.1) is 17.6 Å². The zero-order valence-corrected chi connectivity index (χ0v) is 13.2. The van der Waals surface area contributed by atoms with E-state index in [2.05, 4.69) is 4.98 Å².